The van der Waals surface area contributed by atoms with Crippen LogP contribution in [0.3, 0.4) is 0 Å². The molecule has 2 N–H and O–H groups in total. The van der Waals surface area contributed by atoms with Crippen LogP contribution in [0.4, 0.5) is 0 Å². The summed E-state index contributed by atoms with van der Waals surface area (Å²) >= 11 is 0.415. The Bertz CT molecular complexity index is 573. The summed E-state index contributed by atoms with van der Waals surface area (Å²) in [6.07, 6.45) is 0. The van der Waals surface area contributed by atoms with Crippen molar-refractivity contribution in [2.45, 2.75) is 0 Å². The number of hydrogen-bond acceptors (Lipinski definition) is 2. The van der Waals surface area contributed by atoms with Crippen LogP contribution in [0.25, 0.3) is 0 Å². The van der Waals surface area contributed by atoms with Gasteiger partial charge in [0.05, 0.1) is 0 Å². The standard InChI is InChI=1S/C14H8O4Se2.2Y/c15-13(16)9-1-5-11(6-2-9)19-20-12-7-3-10(4-8-12)14(17)18;;/h1,3,5-8H,(H,15,16)(H,17,18);;/q-2;;. The third-order valence-electron chi connectivity index (χ3n) is 2.26. The molecule has 8 heteroatoms. The van der Waals surface area contributed by atoms with E-state index in [9.17, 15) is 9.59 Å². The van der Waals surface area contributed by atoms with Gasteiger partial charge in [-0.15, -0.1) is 0 Å². The van der Waals surface area contributed by atoms with E-state index in [0.29, 0.717) is 0 Å². The van der Waals surface area contributed by atoms with Gasteiger partial charge in [0.25, 0.3) is 0 Å². The SMILES string of the molecule is O=C(O)c1[c-]cc([Se][Se]c2c[c-]c(C(=O)O)cc2)cc1.[Y].[Y]. The van der Waals surface area contributed by atoms with Gasteiger partial charge in [0.2, 0.25) is 0 Å². The van der Waals surface area contributed by atoms with Gasteiger partial charge < -0.3 is 0 Å². The number of carbonyl (C=O) groups is 2. The first-order valence-corrected chi connectivity index (χ1v) is 11.5. The molecule has 0 atom stereocenters. The van der Waals surface area contributed by atoms with Crippen molar-refractivity contribution in [2.75, 3.05) is 0 Å². The molecule has 0 unspecified atom stereocenters. The quantitative estimate of drug-likeness (QED) is 0.388. The summed E-state index contributed by atoms with van der Waals surface area (Å²) < 4.78 is 2.15. The number of hydrogen-bond donors (Lipinski definition) is 2. The van der Waals surface area contributed by atoms with Crippen molar-refractivity contribution in [1.82, 2.24) is 0 Å². The van der Waals surface area contributed by atoms with Crippen molar-refractivity contribution < 1.29 is 85.2 Å². The molecule has 0 amide bonds. The second kappa shape index (κ2) is 11.2. The summed E-state index contributed by atoms with van der Waals surface area (Å²) in [5.41, 5.74) is 0.326. The van der Waals surface area contributed by atoms with Crippen LogP contribution in [0.15, 0.2) is 36.4 Å². The molecular weight excluding hydrogens is 568 g/mol. The van der Waals surface area contributed by atoms with Gasteiger partial charge in [0.1, 0.15) is 0 Å². The van der Waals surface area contributed by atoms with Crippen molar-refractivity contribution >= 4 is 47.1 Å². The maximum Gasteiger partial charge on any atom is 0 e. The van der Waals surface area contributed by atoms with Gasteiger partial charge >= 0.3 is 127 Å². The molecular formula is C14H8O4Se2Y2-2. The van der Waals surface area contributed by atoms with E-state index in [1.54, 1.807) is 36.4 Å². The minimum absolute atomic E-state index is 0. The molecule has 2 aromatic rings. The first-order chi connectivity index (χ1) is 9.56. The molecule has 0 aliphatic heterocycles. The number of carboxylic acid groups (broad SMARTS) is 2. The van der Waals surface area contributed by atoms with Crippen LogP contribution in [-0.4, -0.2) is 48.4 Å². The molecule has 0 fully saturated rings. The largest absolute Gasteiger partial charge is 0 e. The van der Waals surface area contributed by atoms with Gasteiger partial charge in [-0.25, -0.2) is 0 Å². The molecule has 0 aromatic heterocycles. The predicted molar refractivity (Wildman–Crippen MR) is 75.3 cm³/mol. The second-order valence-electron chi connectivity index (χ2n) is 3.65. The number of rotatable bonds is 5. The average molecular weight is 576 g/mol. The molecule has 2 aromatic carbocycles. The number of carboxylic acids is 2. The second-order valence-corrected chi connectivity index (χ2v) is 9.96. The van der Waals surface area contributed by atoms with E-state index in [4.69, 9.17) is 10.2 Å². The third-order valence-corrected chi connectivity index (χ3v) is 9.42. The van der Waals surface area contributed by atoms with Crippen LogP contribution in [0, 0.1) is 12.1 Å². The van der Waals surface area contributed by atoms with Gasteiger partial charge in [0.15, 0.2) is 0 Å². The smallest absolute Gasteiger partial charge is 0 e. The molecule has 0 saturated heterocycles. The van der Waals surface area contributed by atoms with E-state index >= 15 is 0 Å². The first-order valence-electron chi connectivity index (χ1n) is 5.41. The zero-order chi connectivity index (χ0) is 14.5. The van der Waals surface area contributed by atoms with E-state index in [-0.39, 0.29) is 103 Å². The Morgan fingerprint density at radius 2 is 1.14 bits per heavy atom. The predicted octanol–water partition coefficient (Wildman–Crippen LogP) is -0.0474. The monoisotopic (exact) mass is 578 g/mol. The number of benzene rings is 2. The fourth-order valence-electron chi connectivity index (χ4n) is 1.29. The maximum absolute atomic E-state index is 10.7. The van der Waals surface area contributed by atoms with Gasteiger partial charge in [-0.05, 0) is 0 Å². The van der Waals surface area contributed by atoms with Gasteiger partial charge in [-0.3, -0.25) is 0 Å². The molecule has 0 aliphatic carbocycles. The maximum atomic E-state index is 10.7. The van der Waals surface area contributed by atoms with Crippen LogP contribution < -0.4 is 8.92 Å². The van der Waals surface area contributed by atoms with Crippen LogP contribution >= 0.6 is 0 Å². The first kappa shape index (κ1) is 22.6. The summed E-state index contributed by atoms with van der Waals surface area (Å²) in [6.45, 7) is 0. The Kier molecular flexibility index (Phi) is 11.5. The van der Waals surface area contributed by atoms with E-state index in [1.807, 2.05) is 0 Å². The van der Waals surface area contributed by atoms with Crippen molar-refractivity contribution in [1.29, 1.82) is 0 Å². The van der Waals surface area contributed by atoms with Gasteiger partial charge in [0, 0.05) is 65.4 Å². The molecule has 108 valence electrons. The topological polar surface area (TPSA) is 74.6 Å². The van der Waals surface area contributed by atoms with Gasteiger partial charge in [-0.2, -0.15) is 0 Å². The van der Waals surface area contributed by atoms with E-state index in [1.165, 1.54) is 0 Å². The zero-order valence-corrected chi connectivity index (χ0v) is 20.2. The van der Waals surface area contributed by atoms with Crippen molar-refractivity contribution in [3.63, 3.8) is 0 Å². The fourth-order valence-corrected chi connectivity index (χ4v) is 7.02. The molecule has 0 spiro atoms. The Labute approximate surface area is 189 Å². The summed E-state index contributed by atoms with van der Waals surface area (Å²) in [5, 5.41) is 17.6. The summed E-state index contributed by atoms with van der Waals surface area (Å²) in [5.74, 6) is -1.96. The summed E-state index contributed by atoms with van der Waals surface area (Å²) in [7, 11) is 0. The minimum atomic E-state index is -0.978. The molecule has 22 heavy (non-hydrogen) atoms. The Morgan fingerprint density at radius 3 is 1.36 bits per heavy atom. The van der Waals surface area contributed by atoms with Crippen molar-refractivity contribution in [2.24, 2.45) is 0 Å². The zero-order valence-electron chi connectivity index (χ0n) is 11.1. The number of aromatic carboxylic acids is 2. The van der Waals surface area contributed by atoms with E-state index < -0.39 is 11.9 Å². The molecule has 0 heterocycles. The minimum Gasteiger partial charge on any atom is 0 e. The Morgan fingerprint density at radius 1 is 0.773 bits per heavy atom. The van der Waals surface area contributed by atoms with E-state index in [2.05, 4.69) is 12.1 Å². The molecule has 2 radical (unpaired) electrons. The Balaban J connectivity index is 0.00000220. The summed E-state index contributed by atoms with van der Waals surface area (Å²) in [4.78, 5) is 21.4. The van der Waals surface area contributed by atoms with Gasteiger partial charge in [-0.1, -0.05) is 0 Å². The molecule has 0 saturated carbocycles. The summed E-state index contributed by atoms with van der Waals surface area (Å²) in [6, 6.07) is 15.6. The van der Waals surface area contributed by atoms with Crippen LogP contribution in [0.2, 0.25) is 0 Å². The fraction of sp³-hybridized carbons (Fsp3) is 0. The average Bonchev–Trinajstić information content (AvgIpc) is 2.46. The van der Waals surface area contributed by atoms with Crippen LogP contribution in [0.5, 0.6) is 0 Å². The van der Waals surface area contributed by atoms with E-state index in [0.717, 1.165) is 8.92 Å². The molecule has 2 rings (SSSR count). The van der Waals surface area contributed by atoms with Crippen molar-refractivity contribution in [3.05, 3.63) is 59.7 Å². The Hall–Kier alpha value is 0.627. The molecule has 0 bridgehead atoms. The van der Waals surface area contributed by atoms with Crippen LogP contribution in [0.1, 0.15) is 20.7 Å². The van der Waals surface area contributed by atoms with Crippen LogP contribution in [-0.2, 0) is 65.4 Å². The molecule has 4 nitrogen and oxygen atoms in total. The normalized spacial score (nSPS) is 9.27. The third kappa shape index (κ3) is 7.03. The van der Waals surface area contributed by atoms with Crippen molar-refractivity contribution in [3.8, 4) is 0 Å². The molecule has 0 aliphatic rings.